The van der Waals surface area contributed by atoms with E-state index in [1.807, 2.05) is 6.07 Å². The van der Waals surface area contributed by atoms with Crippen LogP contribution in [0.3, 0.4) is 0 Å². The molecule has 1 aromatic rings. The van der Waals surface area contributed by atoms with Crippen LogP contribution in [0.15, 0.2) is 18.2 Å². The van der Waals surface area contributed by atoms with Gasteiger partial charge in [-0.3, -0.25) is 10.1 Å². The first-order valence-corrected chi connectivity index (χ1v) is 4.75. The number of nitriles is 1. The van der Waals surface area contributed by atoms with E-state index in [9.17, 15) is 10.1 Å². The van der Waals surface area contributed by atoms with Crippen LogP contribution in [0.25, 0.3) is 0 Å². The van der Waals surface area contributed by atoms with Crippen LogP contribution < -0.4 is 4.74 Å². The zero-order valence-corrected chi connectivity index (χ0v) is 9.43. The molecule has 1 aromatic carbocycles. The van der Waals surface area contributed by atoms with Gasteiger partial charge in [0.1, 0.15) is 11.8 Å². The third-order valence-corrected chi connectivity index (χ3v) is 2.01. The fourth-order valence-electron chi connectivity index (χ4n) is 1.11. The van der Waals surface area contributed by atoms with E-state index in [4.69, 9.17) is 16.4 Å². The van der Waals surface area contributed by atoms with Gasteiger partial charge in [-0.2, -0.15) is 5.26 Å². The second kappa shape index (κ2) is 4.54. The van der Waals surface area contributed by atoms with Gasteiger partial charge in [-0.1, -0.05) is 5.92 Å². The monoisotopic (exact) mass is 230 g/mol. The summed E-state index contributed by atoms with van der Waals surface area (Å²) in [7, 11) is 0. The maximum absolute atomic E-state index is 10.6. The summed E-state index contributed by atoms with van der Waals surface area (Å²) in [6.45, 7) is 3.26. The Kier molecular flexibility index (Phi) is 3.35. The number of benzene rings is 1. The van der Waals surface area contributed by atoms with Crippen LogP contribution in [-0.2, 0) is 0 Å². The molecule has 0 amide bonds. The molecule has 5 heteroatoms. The number of hydrogen-bond donors (Lipinski definition) is 0. The summed E-state index contributed by atoms with van der Waals surface area (Å²) in [5.74, 6) is 2.50. The van der Waals surface area contributed by atoms with Crippen LogP contribution >= 0.6 is 0 Å². The number of nitrogens with zero attached hydrogens (tertiary/aromatic N) is 2. The standard InChI is InChI=1S/C12H10N2O3/c1-4-12(2,3)17-11-7-10(14(15)16)6-5-9(11)8-13/h1,5-7H,2-3H3. The maximum atomic E-state index is 10.6. The Morgan fingerprint density at radius 1 is 1.53 bits per heavy atom. The Morgan fingerprint density at radius 3 is 2.65 bits per heavy atom. The van der Waals surface area contributed by atoms with Gasteiger partial charge in [-0.25, -0.2) is 0 Å². The van der Waals surface area contributed by atoms with E-state index in [0.717, 1.165) is 0 Å². The van der Waals surface area contributed by atoms with Gasteiger partial charge in [0.25, 0.3) is 5.69 Å². The maximum Gasteiger partial charge on any atom is 0.273 e. The minimum Gasteiger partial charge on any atom is -0.474 e. The highest BCUT2D eigenvalue weighted by Gasteiger charge is 2.20. The molecule has 1 rings (SSSR count). The lowest BCUT2D eigenvalue weighted by Crippen LogP contribution is -2.25. The minimum absolute atomic E-state index is 0.115. The van der Waals surface area contributed by atoms with Crippen molar-refractivity contribution in [2.45, 2.75) is 19.4 Å². The average molecular weight is 230 g/mol. The van der Waals surface area contributed by atoms with E-state index >= 15 is 0 Å². The number of nitro groups is 1. The molecular formula is C12H10N2O3. The Labute approximate surface area is 98.8 Å². The van der Waals surface area contributed by atoms with Crippen LogP contribution in [0.5, 0.6) is 5.75 Å². The molecular weight excluding hydrogens is 220 g/mol. The average Bonchev–Trinajstić information content (AvgIpc) is 2.28. The Morgan fingerprint density at radius 2 is 2.18 bits per heavy atom. The predicted molar refractivity (Wildman–Crippen MR) is 61.4 cm³/mol. The third kappa shape index (κ3) is 2.96. The Hall–Kier alpha value is -2.53. The van der Waals surface area contributed by atoms with E-state index in [1.165, 1.54) is 18.2 Å². The van der Waals surface area contributed by atoms with Crippen LogP contribution in [0, 0.1) is 33.8 Å². The summed E-state index contributed by atoms with van der Waals surface area (Å²) in [5, 5.41) is 19.5. The first-order valence-electron chi connectivity index (χ1n) is 4.75. The SMILES string of the molecule is C#CC(C)(C)Oc1cc([N+](=O)[O-])ccc1C#N. The van der Waals surface area contributed by atoms with Crippen molar-refractivity contribution in [3.05, 3.63) is 33.9 Å². The van der Waals surface area contributed by atoms with Crippen LogP contribution in [0.2, 0.25) is 0 Å². The molecule has 17 heavy (non-hydrogen) atoms. The van der Waals surface area contributed by atoms with Gasteiger partial charge in [0.15, 0.2) is 5.60 Å². The van der Waals surface area contributed by atoms with Gasteiger partial charge in [-0.05, 0) is 19.9 Å². The van der Waals surface area contributed by atoms with Crippen molar-refractivity contribution < 1.29 is 9.66 Å². The first-order chi connectivity index (χ1) is 7.89. The van der Waals surface area contributed by atoms with Crippen molar-refractivity contribution in [2.24, 2.45) is 0 Å². The first kappa shape index (κ1) is 12.5. The van der Waals surface area contributed by atoms with Gasteiger partial charge >= 0.3 is 0 Å². The molecule has 0 atom stereocenters. The van der Waals surface area contributed by atoms with Gasteiger partial charge in [0.2, 0.25) is 0 Å². The molecule has 0 spiro atoms. The normalized spacial score (nSPS) is 10.1. The Bertz CT molecular complexity index is 536. The van der Waals surface area contributed by atoms with Gasteiger partial charge < -0.3 is 4.74 Å². The van der Waals surface area contributed by atoms with E-state index in [0.29, 0.717) is 0 Å². The van der Waals surface area contributed by atoms with Gasteiger partial charge in [-0.15, -0.1) is 6.42 Å². The topological polar surface area (TPSA) is 76.2 Å². The largest absolute Gasteiger partial charge is 0.474 e. The van der Waals surface area contributed by atoms with Gasteiger partial charge in [0.05, 0.1) is 16.6 Å². The number of nitro benzene ring substituents is 1. The summed E-state index contributed by atoms with van der Waals surface area (Å²) in [4.78, 5) is 10.1. The van der Waals surface area contributed by atoms with Crippen molar-refractivity contribution in [3.63, 3.8) is 0 Å². The molecule has 0 bridgehead atoms. The summed E-state index contributed by atoms with van der Waals surface area (Å²) >= 11 is 0. The number of non-ortho nitro benzene ring substituents is 1. The van der Waals surface area contributed by atoms with Crippen LogP contribution in [0.1, 0.15) is 19.4 Å². The summed E-state index contributed by atoms with van der Waals surface area (Å²) in [5.41, 5.74) is -0.869. The zero-order valence-electron chi connectivity index (χ0n) is 9.43. The molecule has 0 N–H and O–H groups in total. The quantitative estimate of drug-likeness (QED) is 0.453. The van der Waals surface area contributed by atoms with Crippen LogP contribution in [0.4, 0.5) is 5.69 Å². The molecule has 0 aliphatic rings. The lowest BCUT2D eigenvalue weighted by molar-refractivity contribution is -0.385. The molecule has 86 valence electrons. The molecule has 5 nitrogen and oxygen atoms in total. The fraction of sp³-hybridized carbons (Fsp3) is 0.250. The molecule has 0 aliphatic heterocycles. The number of rotatable bonds is 3. The predicted octanol–water partition coefficient (Wildman–Crippen LogP) is 2.26. The zero-order chi connectivity index (χ0) is 13.1. The summed E-state index contributed by atoms with van der Waals surface area (Å²) in [6.07, 6.45) is 5.25. The summed E-state index contributed by atoms with van der Waals surface area (Å²) < 4.78 is 5.40. The molecule has 0 saturated carbocycles. The van der Waals surface area contributed by atoms with Crippen molar-refractivity contribution in [3.8, 4) is 24.2 Å². The number of ether oxygens (including phenoxy) is 1. The fourth-order valence-corrected chi connectivity index (χ4v) is 1.11. The molecule has 0 aromatic heterocycles. The number of terminal acetylenes is 1. The molecule has 0 radical (unpaired) electrons. The smallest absolute Gasteiger partial charge is 0.273 e. The lowest BCUT2D eigenvalue weighted by Gasteiger charge is -2.20. The minimum atomic E-state index is -0.930. The van der Waals surface area contributed by atoms with Crippen molar-refractivity contribution in [1.82, 2.24) is 0 Å². The highest BCUT2D eigenvalue weighted by atomic mass is 16.6. The molecule has 0 heterocycles. The van der Waals surface area contributed by atoms with E-state index < -0.39 is 10.5 Å². The molecule has 0 fully saturated rings. The van der Waals surface area contributed by atoms with E-state index in [1.54, 1.807) is 13.8 Å². The lowest BCUT2D eigenvalue weighted by atomic mass is 10.1. The van der Waals surface area contributed by atoms with Crippen molar-refractivity contribution in [2.75, 3.05) is 0 Å². The second-order valence-electron chi connectivity index (χ2n) is 3.81. The van der Waals surface area contributed by atoms with Crippen molar-refractivity contribution >= 4 is 5.69 Å². The third-order valence-electron chi connectivity index (χ3n) is 2.01. The number of hydrogen-bond acceptors (Lipinski definition) is 4. The van der Waals surface area contributed by atoms with E-state index in [-0.39, 0.29) is 17.0 Å². The van der Waals surface area contributed by atoms with Crippen molar-refractivity contribution in [1.29, 1.82) is 5.26 Å². The second-order valence-corrected chi connectivity index (χ2v) is 3.81. The Balaban J connectivity index is 3.22. The summed E-state index contributed by atoms with van der Waals surface area (Å²) in [6, 6.07) is 5.66. The highest BCUT2D eigenvalue weighted by Crippen LogP contribution is 2.27. The molecule has 0 saturated heterocycles. The highest BCUT2D eigenvalue weighted by molar-refractivity contribution is 5.50. The molecule has 0 unspecified atom stereocenters. The van der Waals surface area contributed by atoms with Crippen LogP contribution in [-0.4, -0.2) is 10.5 Å². The van der Waals surface area contributed by atoms with Gasteiger partial charge in [0, 0.05) is 6.07 Å². The molecule has 0 aliphatic carbocycles. The van der Waals surface area contributed by atoms with E-state index in [2.05, 4.69) is 5.92 Å².